The van der Waals surface area contributed by atoms with Gasteiger partial charge in [0.05, 0.1) is 0 Å². The van der Waals surface area contributed by atoms with Crippen molar-refractivity contribution in [1.82, 2.24) is 5.32 Å². The van der Waals surface area contributed by atoms with Gasteiger partial charge in [-0.05, 0) is 23.8 Å². The average molecular weight is 289 g/mol. The molecule has 0 saturated carbocycles. The largest absolute Gasteiger partial charge is 0.482 e. The molecule has 4 N–H and O–H groups in total. The zero-order valence-electron chi connectivity index (χ0n) is 10.7. The fourth-order valence-corrected chi connectivity index (χ4v) is 1.30. The first kappa shape index (κ1) is 15.7. The summed E-state index contributed by atoms with van der Waals surface area (Å²) >= 11 is 0. The van der Waals surface area contributed by atoms with Crippen LogP contribution >= 0.6 is 0 Å². The van der Waals surface area contributed by atoms with Crippen LogP contribution in [0, 0.1) is 11.3 Å². The summed E-state index contributed by atoms with van der Waals surface area (Å²) in [6.45, 7) is -0.473. The third-order valence-corrected chi connectivity index (χ3v) is 2.16. The molecule has 0 aliphatic heterocycles. The lowest BCUT2D eigenvalue weighted by Gasteiger charge is -2.03. The molecule has 0 fully saturated rings. The number of benzene rings is 1. The van der Waals surface area contributed by atoms with Gasteiger partial charge >= 0.3 is 12.0 Å². The van der Waals surface area contributed by atoms with E-state index in [1.165, 1.54) is 30.3 Å². The number of carboxylic acids is 1. The second-order valence-corrected chi connectivity index (χ2v) is 3.74. The first-order valence-corrected chi connectivity index (χ1v) is 5.59. The van der Waals surface area contributed by atoms with E-state index in [1.807, 2.05) is 0 Å². The molecule has 8 heteroatoms. The van der Waals surface area contributed by atoms with Crippen molar-refractivity contribution in [1.29, 1.82) is 5.26 Å². The van der Waals surface area contributed by atoms with Gasteiger partial charge in [-0.3, -0.25) is 10.1 Å². The van der Waals surface area contributed by atoms with Crippen LogP contribution in [0.2, 0.25) is 0 Å². The predicted molar refractivity (Wildman–Crippen MR) is 70.9 cm³/mol. The summed E-state index contributed by atoms with van der Waals surface area (Å²) < 4.78 is 4.93. The number of amides is 3. The lowest BCUT2D eigenvalue weighted by atomic mass is 10.1. The monoisotopic (exact) mass is 289 g/mol. The van der Waals surface area contributed by atoms with Gasteiger partial charge in [0, 0.05) is 0 Å². The van der Waals surface area contributed by atoms with Crippen LogP contribution in [0.3, 0.4) is 0 Å². The summed E-state index contributed by atoms with van der Waals surface area (Å²) in [5, 5.41) is 19.1. The third kappa shape index (κ3) is 5.44. The molecule has 3 amide bonds. The minimum Gasteiger partial charge on any atom is -0.482 e. The van der Waals surface area contributed by atoms with Crippen molar-refractivity contribution in [2.24, 2.45) is 5.73 Å². The van der Waals surface area contributed by atoms with Crippen molar-refractivity contribution in [3.05, 3.63) is 35.4 Å². The Hall–Kier alpha value is -3.34. The summed E-state index contributed by atoms with van der Waals surface area (Å²) in [6.07, 6.45) is 1.25. The minimum absolute atomic E-state index is 0.298. The summed E-state index contributed by atoms with van der Waals surface area (Å²) in [6, 6.07) is 6.59. The molecule has 1 aromatic carbocycles. The third-order valence-electron chi connectivity index (χ3n) is 2.16. The van der Waals surface area contributed by atoms with Gasteiger partial charge in [-0.25, -0.2) is 9.59 Å². The van der Waals surface area contributed by atoms with Crippen LogP contribution in [0.15, 0.2) is 29.8 Å². The van der Waals surface area contributed by atoms with Crippen LogP contribution < -0.4 is 15.8 Å². The van der Waals surface area contributed by atoms with E-state index in [1.54, 1.807) is 11.4 Å². The Morgan fingerprint density at radius 2 is 1.95 bits per heavy atom. The SMILES string of the molecule is N#C/C(=C/c1ccc(OCC(=O)O)cc1)C(=O)NC(N)=O. The Bertz CT molecular complexity index is 628. The van der Waals surface area contributed by atoms with Crippen molar-refractivity contribution < 1.29 is 24.2 Å². The van der Waals surface area contributed by atoms with Gasteiger partial charge in [-0.2, -0.15) is 5.26 Å². The molecule has 0 atom stereocenters. The molecule has 0 radical (unpaired) electrons. The lowest BCUT2D eigenvalue weighted by Crippen LogP contribution is -2.35. The molecular formula is C13H11N3O5. The molecule has 0 spiro atoms. The Morgan fingerprint density at radius 1 is 1.33 bits per heavy atom. The molecule has 108 valence electrons. The van der Waals surface area contributed by atoms with Crippen LogP contribution in [-0.2, 0) is 9.59 Å². The first-order valence-electron chi connectivity index (χ1n) is 5.59. The fourth-order valence-electron chi connectivity index (χ4n) is 1.30. The number of urea groups is 1. The van der Waals surface area contributed by atoms with E-state index in [0.29, 0.717) is 11.3 Å². The molecule has 0 bridgehead atoms. The highest BCUT2D eigenvalue weighted by Gasteiger charge is 2.10. The van der Waals surface area contributed by atoms with Crippen LogP contribution in [-0.4, -0.2) is 29.6 Å². The highest BCUT2D eigenvalue weighted by molar-refractivity contribution is 6.08. The van der Waals surface area contributed by atoms with Gasteiger partial charge in [0.2, 0.25) is 0 Å². The van der Waals surface area contributed by atoms with Crippen molar-refractivity contribution in [3.63, 3.8) is 0 Å². The maximum atomic E-state index is 11.4. The number of ether oxygens (including phenoxy) is 1. The van der Waals surface area contributed by atoms with Gasteiger partial charge < -0.3 is 15.6 Å². The lowest BCUT2D eigenvalue weighted by molar-refractivity contribution is -0.139. The van der Waals surface area contributed by atoms with E-state index < -0.39 is 24.5 Å². The van der Waals surface area contributed by atoms with Gasteiger partial charge in [-0.1, -0.05) is 12.1 Å². The molecule has 1 rings (SSSR count). The molecule has 0 heterocycles. The molecule has 21 heavy (non-hydrogen) atoms. The van der Waals surface area contributed by atoms with Gasteiger partial charge in [0.25, 0.3) is 5.91 Å². The number of nitrogens with two attached hydrogens (primary N) is 1. The first-order chi connectivity index (χ1) is 9.92. The van der Waals surface area contributed by atoms with E-state index in [0.717, 1.165) is 0 Å². The summed E-state index contributed by atoms with van der Waals surface area (Å²) in [5.74, 6) is -1.68. The predicted octanol–water partition coefficient (Wildman–Crippen LogP) is 0.252. The topological polar surface area (TPSA) is 143 Å². The number of nitrogens with one attached hydrogen (secondary N) is 1. The molecule has 0 aromatic heterocycles. The summed E-state index contributed by atoms with van der Waals surface area (Å²) in [4.78, 5) is 32.3. The smallest absolute Gasteiger partial charge is 0.341 e. The number of nitriles is 1. The molecule has 1 aromatic rings. The summed E-state index contributed by atoms with van der Waals surface area (Å²) in [7, 11) is 0. The number of nitrogens with zero attached hydrogens (tertiary/aromatic N) is 1. The number of carboxylic acid groups (broad SMARTS) is 1. The van der Waals surface area contributed by atoms with Gasteiger partial charge in [0.15, 0.2) is 6.61 Å². The second-order valence-electron chi connectivity index (χ2n) is 3.74. The number of hydrogen-bond acceptors (Lipinski definition) is 5. The molecule has 0 aliphatic rings. The molecule has 0 aliphatic carbocycles. The van der Waals surface area contributed by atoms with Gasteiger partial charge in [0.1, 0.15) is 17.4 Å². The van der Waals surface area contributed by atoms with Gasteiger partial charge in [-0.15, -0.1) is 0 Å². The molecule has 0 saturated heterocycles. The van der Waals surface area contributed by atoms with E-state index in [2.05, 4.69) is 0 Å². The maximum Gasteiger partial charge on any atom is 0.341 e. The van der Waals surface area contributed by atoms with Crippen molar-refractivity contribution in [2.75, 3.05) is 6.61 Å². The van der Waals surface area contributed by atoms with Crippen molar-refractivity contribution >= 4 is 24.0 Å². The van der Waals surface area contributed by atoms with Crippen LogP contribution in [0.1, 0.15) is 5.56 Å². The summed E-state index contributed by atoms with van der Waals surface area (Å²) in [5.41, 5.74) is 4.98. The van der Waals surface area contributed by atoms with E-state index in [4.69, 9.17) is 20.8 Å². The Balaban J connectivity index is 2.83. The van der Waals surface area contributed by atoms with Crippen molar-refractivity contribution in [2.45, 2.75) is 0 Å². The Morgan fingerprint density at radius 3 is 2.43 bits per heavy atom. The number of imide groups is 1. The number of carbonyl (C=O) groups excluding carboxylic acids is 2. The normalized spacial score (nSPS) is 10.3. The van der Waals surface area contributed by atoms with E-state index in [-0.39, 0.29) is 5.57 Å². The average Bonchev–Trinajstić information content (AvgIpc) is 2.42. The number of carbonyl (C=O) groups is 3. The quantitative estimate of drug-likeness (QED) is 0.523. The standard InChI is InChI=1S/C13H11N3O5/c14-6-9(12(19)16-13(15)20)5-8-1-3-10(4-2-8)21-7-11(17)18/h1-5H,7H2,(H,17,18)(H3,15,16,19,20)/b9-5-. The molecule has 0 unspecified atom stereocenters. The zero-order valence-corrected chi connectivity index (χ0v) is 10.7. The number of rotatable bonds is 5. The molecule has 8 nitrogen and oxygen atoms in total. The maximum absolute atomic E-state index is 11.4. The highest BCUT2D eigenvalue weighted by atomic mass is 16.5. The fraction of sp³-hybridized carbons (Fsp3) is 0.0769. The van der Waals surface area contributed by atoms with E-state index >= 15 is 0 Å². The minimum atomic E-state index is -1.10. The number of aliphatic carboxylic acids is 1. The second kappa shape index (κ2) is 7.30. The van der Waals surface area contributed by atoms with E-state index in [9.17, 15) is 14.4 Å². The van der Waals surface area contributed by atoms with Crippen LogP contribution in [0.4, 0.5) is 4.79 Å². The van der Waals surface area contributed by atoms with Crippen LogP contribution in [0.5, 0.6) is 5.75 Å². The molecular weight excluding hydrogens is 278 g/mol. The zero-order chi connectivity index (χ0) is 15.8. The number of primary amides is 1. The Labute approximate surface area is 119 Å². The highest BCUT2D eigenvalue weighted by Crippen LogP contribution is 2.14. The van der Waals surface area contributed by atoms with Crippen LogP contribution in [0.25, 0.3) is 6.08 Å². The Kier molecular flexibility index (Phi) is 5.46. The van der Waals surface area contributed by atoms with Crippen molar-refractivity contribution in [3.8, 4) is 11.8 Å². The number of hydrogen-bond donors (Lipinski definition) is 3.